The van der Waals surface area contributed by atoms with Crippen LogP contribution < -0.4 is 11.4 Å². The molecule has 0 atom stereocenters. The zero-order chi connectivity index (χ0) is 16.4. The first kappa shape index (κ1) is 15.3. The molecule has 3 N–H and O–H groups in total. The molecule has 0 saturated heterocycles. The number of nitrogens with two attached hydrogens (primary N) is 1. The van der Waals surface area contributed by atoms with Gasteiger partial charge in [0.1, 0.15) is 0 Å². The number of nitrogen functional groups attached to an aromatic ring is 1. The van der Waals surface area contributed by atoms with E-state index in [0.717, 1.165) is 42.5 Å². The molecule has 1 heterocycles. The Bertz CT molecular complexity index is 789. The molecule has 1 aromatic carbocycles. The molecule has 0 radical (unpaired) electrons. The standard InChI is InChI=1S/C18H20N2O3/c19-20-16(12-5-2-1-3-6-12)10-15(11-17(20)21)13-7-4-8-14(9-13)18(22)23/h4,7-12H,1-3,5-6,19H2,(H,22,23). The van der Waals surface area contributed by atoms with Gasteiger partial charge < -0.3 is 10.9 Å². The lowest BCUT2D eigenvalue weighted by atomic mass is 9.86. The average Bonchev–Trinajstić information content (AvgIpc) is 2.58. The Morgan fingerprint density at radius 1 is 1.09 bits per heavy atom. The molecule has 5 nitrogen and oxygen atoms in total. The lowest BCUT2D eigenvalue weighted by molar-refractivity contribution is 0.0697. The van der Waals surface area contributed by atoms with Gasteiger partial charge in [0.25, 0.3) is 5.56 Å². The summed E-state index contributed by atoms with van der Waals surface area (Å²) in [6, 6.07) is 10.0. The van der Waals surface area contributed by atoms with Crippen LogP contribution in [0, 0.1) is 0 Å². The quantitative estimate of drug-likeness (QED) is 0.853. The fourth-order valence-corrected chi connectivity index (χ4v) is 3.31. The second-order valence-corrected chi connectivity index (χ2v) is 6.10. The summed E-state index contributed by atoms with van der Waals surface area (Å²) in [5.74, 6) is 5.26. The van der Waals surface area contributed by atoms with Crippen LogP contribution in [0.3, 0.4) is 0 Å². The van der Waals surface area contributed by atoms with Gasteiger partial charge >= 0.3 is 5.97 Å². The topological polar surface area (TPSA) is 85.3 Å². The van der Waals surface area contributed by atoms with Gasteiger partial charge in [0.2, 0.25) is 0 Å². The van der Waals surface area contributed by atoms with E-state index < -0.39 is 5.97 Å². The Labute approximate surface area is 134 Å². The van der Waals surface area contributed by atoms with Crippen molar-refractivity contribution in [3.63, 3.8) is 0 Å². The predicted octanol–water partition coefficient (Wildman–Crippen LogP) is 2.98. The highest BCUT2D eigenvalue weighted by Crippen LogP contribution is 2.33. The molecule has 3 rings (SSSR count). The number of aromatic carboxylic acids is 1. The van der Waals surface area contributed by atoms with Crippen LogP contribution >= 0.6 is 0 Å². The highest BCUT2D eigenvalue weighted by molar-refractivity contribution is 5.89. The van der Waals surface area contributed by atoms with Gasteiger partial charge in [-0.3, -0.25) is 4.79 Å². The maximum atomic E-state index is 12.2. The molecular weight excluding hydrogens is 292 g/mol. The summed E-state index contributed by atoms with van der Waals surface area (Å²) in [7, 11) is 0. The van der Waals surface area contributed by atoms with Crippen LogP contribution in [0.1, 0.15) is 54.1 Å². The molecule has 0 bridgehead atoms. The summed E-state index contributed by atoms with van der Waals surface area (Å²) in [5.41, 5.74) is 2.23. The van der Waals surface area contributed by atoms with Crippen LogP contribution in [0.4, 0.5) is 0 Å². The highest BCUT2D eigenvalue weighted by Gasteiger charge is 2.20. The number of aromatic nitrogens is 1. The molecule has 5 heteroatoms. The molecule has 0 unspecified atom stereocenters. The molecule has 1 saturated carbocycles. The van der Waals surface area contributed by atoms with Crippen molar-refractivity contribution >= 4 is 5.97 Å². The average molecular weight is 312 g/mol. The van der Waals surface area contributed by atoms with Gasteiger partial charge in [0.15, 0.2) is 0 Å². The number of hydrogen-bond acceptors (Lipinski definition) is 3. The summed E-state index contributed by atoms with van der Waals surface area (Å²) in [4.78, 5) is 23.4. The van der Waals surface area contributed by atoms with Crippen molar-refractivity contribution in [1.82, 2.24) is 4.68 Å². The van der Waals surface area contributed by atoms with Crippen molar-refractivity contribution in [3.8, 4) is 11.1 Å². The van der Waals surface area contributed by atoms with Gasteiger partial charge in [0, 0.05) is 17.7 Å². The molecule has 1 aromatic heterocycles. The first-order chi connectivity index (χ1) is 11.1. The van der Waals surface area contributed by atoms with E-state index in [1.165, 1.54) is 23.2 Å². The normalized spacial score (nSPS) is 15.5. The number of carboxylic acid groups (broad SMARTS) is 1. The Balaban J connectivity index is 2.06. The Morgan fingerprint density at radius 3 is 2.52 bits per heavy atom. The Kier molecular flexibility index (Phi) is 4.19. The van der Waals surface area contributed by atoms with Crippen LogP contribution in [0.15, 0.2) is 41.2 Å². The molecule has 120 valence electrons. The molecule has 0 spiro atoms. The summed E-state index contributed by atoms with van der Waals surface area (Å²) < 4.78 is 1.24. The number of benzene rings is 1. The lowest BCUT2D eigenvalue weighted by Gasteiger charge is -2.24. The summed E-state index contributed by atoms with van der Waals surface area (Å²) >= 11 is 0. The van der Waals surface area contributed by atoms with E-state index in [4.69, 9.17) is 10.9 Å². The van der Waals surface area contributed by atoms with Gasteiger partial charge in [-0.1, -0.05) is 31.4 Å². The van der Waals surface area contributed by atoms with Gasteiger partial charge in [0.05, 0.1) is 5.56 Å². The Hall–Kier alpha value is -2.56. The number of rotatable bonds is 3. The zero-order valence-corrected chi connectivity index (χ0v) is 12.9. The van der Waals surface area contributed by atoms with Crippen molar-refractivity contribution in [1.29, 1.82) is 0 Å². The molecule has 0 aliphatic heterocycles. The Morgan fingerprint density at radius 2 is 1.83 bits per heavy atom. The summed E-state index contributed by atoms with van der Waals surface area (Å²) in [6.07, 6.45) is 5.60. The van der Waals surface area contributed by atoms with E-state index in [-0.39, 0.29) is 11.1 Å². The van der Waals surface area contributed by atoms with Gasteiger partial charge in [-0.25, -0.2) is 9.47 Å². The fraction of sp³-hybridized carbons (Fsp3) is 0.333. The van der Waals surface area contributed by atoms with Crippen molar-refractivity contribution in [2.24, 2.45) is 0 Å². The predicted molar refractivity (Wildman–Crippen MR) is 89.1 cm³/mol. The van der Waals surface area contributed by atoms with Crippen LogP contribution in [-0.2, 0) is 0 Å². The summed E-state index contributed by atoms with van der Waals surface area (Å²) in [6.45, 7) is 0. The van der Waals surface area contributed by atoms with Crippen molar-refractivity contribution < 1.29 is 9.90 Å². The third-order valence-corrected chi connectivity index (χ3v) is 4.56. The number of pyridine rings is 1. The van der Waals surface area contributed by atoms with Crippen molar-refractivity contribution in [3.05, 3.63) is 58.0 Å². The molecule has 23 heavy (non-hydrogen) atoms. The second kappa shape index (κ2) is 6.28. The minimum atomic E-state index is -0.980. The number of hydrogen-bond donors (Lipinski definition) is 2. The van der Waals surface area contributed by atoms with Crippen LogP contribution in [-0.4, -0.2) is 15.8 Å². The van der Waals surface area contributed by atoms with Crippen LogP contribution in [0.2, 0.25) is 0 Å². The third kappa shape index (κ3) is 3.13. The summed E-state index contributed by atoms with van der Waals surface area (Å²) in [5, 5.41) is 9.13. The zero-order valence-electron chi connectivity index (χ0n) is 12.9. The van der Waals surface area contributed by atoms with E-state index in [1.54, 1.807) is 12.1 Å². The minimum Gasteiger partial charge on any atom is -0.478 e. The number of nitrogens with zero attached hydrogens (tertiary/aromatic N) is 1. The molecular formula is C18H20N2O3. The SMILES string of the molecule is Nn1c(C2CCCCC2)cc(-c2cccc(C(=O)O)c2)cc1=O. The van der Waals surface area contributed by atoms with Crippen molar-refractivity contribution in [2.45, 2.75) is 38.0 Å². The first-order valence-electron chi connectivity index (χ1n) is 7.92. The van der Waals surface area contributed by atoms with Gasteiger partial charge in [-0.15, -0.1) is 0 Å². The van der Waals surface area contributed by atoms with Gasteiger partial charge in [-0.05, 0) is 42.2 Å². The van der Waals surface area contributed by atoms with Crippen LogP contribution in [0.5, 0.6) is 0 Å². The van der Waals surface area contributed by atoms with Gasteiger partial charge in [-0.2, -0.15) is 0 Å². The monoisotopic (exact) mass is 312 g/mol. The third-order valence-electron chi connectivity index (χ3n) is 4.56. The molecule has 1 fully saturated rings. The first-order valence-corrected chi connectivity index (χ1v) is 7.92. The van der Waals surface area contributed by atoms with Crippen molar-refractivity contribution in [2.75, 3.05) is 5.84 Å². The molecule has 1 aliphatic carbocycles. The molecule has 1 aliphatic rings. The van der Waals surface area contributed by atoms with E-state index >= 15 is 0 Å². The fourth-order valence-electron chi connectivity index (χ4n) is 3.31. The largest absolute Gasteiger partial charge is 0.478 e. The second-order valence-electron chi connectivity index (χ2n) is 6.10. The van der Waals surface area contributed by atoms with E-state index in [2.05, 4.69) is 0 Å². The van der Waals surface area contributed by atoms with E-state index in [0.29, 0.717) is 5.92 Å². The molecule has 2 aromatic rings. The maximum Gasteiger partial charge on any atom is 0.335 e. The minimum absolute atomic E-state index is 0.207. The maximum absolute atomic E-state index is 12.2. The van der Waals surface area contributed by atoms with Crippen LogP contribution in [0.25, 0.3) is 11.1 Å². The van der Waals surface area contributed by atoms with E-state index in [9.17, 15) is 9.59 Å². The van der Waals surface area contributed by atoms with E-state index in [1.807, 2.05) is 12.1 Å². The highest BCUT2D eigenvalue weighted by atomic mass is 16.4. The number of carbonyl (C=O) groups is 1. The number of carboxylic acids is 1. The smallest absolute Gasteiger partial charge is 0.335 e. The molecule has 0 amide bonds. The lowest BCUT2D eigenvalue weighted by Crippen LogP contribution is -2.31.